The molecule has 1 heterocycles. The van der Waals surface area contributed by atoms with Crippen LogP contribution in [0.5, 0.6) is 5.75 Å². The van der Waals surface area contributed by atoms with Crippen LogP contribution in [-0.4, -0.2) is 24.5 Å². The van der Waals surface area contributed by atoms with Crippen molar-refractivity contribution in [1.29, 1.82) is 0 Å². The Labute approximate surface area is 131 Å². The molecule has 0 aliphatic heterocycles. The van der Waals surface area contributed by atoms with Gasteiger partial charge in [-0.25, -0.2) is 4.98 Å². The quantitative estimate of drug-likeness (QED) is 0.866. The molecular weight excluding hydrogens is 334 g/mol. The number of pyridine rings is 1. The van der Waals surface area contributed by atoms with E-state index < -0.39 is 0 Å². The van der Waals surface area contributed by atoms with Gasteiger partial charge in [0, 0.05) is 30.1 Å². The molecule has 1 aromatic carbocycles. The van der Waals surface area contributed by atoms with Crippen LogP contribution in [0.3, 0.4) is 0 Å². The van der Waals surface area contributed by atoms with Crippen LogP contribution in [-0.2, 0) is 0 Å². The zero-order valence-corrected chi connectivity index (χ0v) is 13.4. The van der Waals surface area contributed by atoms with E-state index in [9.17, 15) is 4.79 Å². The number of benzene rings is 1. The smallest absolute Gasteiger partial charge is 0.255 e. The van der Waals surface area contributed by atoms with Crippen molar-refractivity contribution in [1.82, 2.24) is 4.98 Å². The van der Waals surface area contributed by atoms with Gasteiger partial charge in [0.15, 0.2) is 0 Å². The van der Waals surface area contributed by atoms with Gasteiger partial charge < -0.3 is 15.4 Å². The first kappa shape index (κ1) is 15.3. The second-order valence-corrected chi connectivity index (χ2v) is 5.12. The third kappa shape index (κ3) is 3.95. The standard InChI is InChI=1S/C15H16BrN3O2/c1-3-17-14-8-10(6-7-18-14)15(20)19-11-4-5-12(16)13(9-11)21-2/h4-9H,3H2,1-2H3,(H,17,18)(H,19,20). The van der Waals surface area contributed by atoms with Crippen LogP contribution < -0.4 is 15.4 Å². The summed E-state index contributed by atoms with van der Waals surface area (Å²) in [7, 11) is 1.58. The molecule has 110 valence electrons. The van der Waals surface area contributed by atoms with Gasteiger partial charge in [0.1, 0.15) is 11.6 Å². The van der Waals surface area contributed by atoms with Crippen LogP contribution in [0.15, 0.2) is 41.0 Å². The lowest BCUT2D eigenvalue weighted by molar-refractivity contribution is 0.102. The van der Waals surface area contributed by atoms with Gasteiger partial charge in [0.05, 0.1) is 11.6 Å². The summed E-state index contributed by atoms with van der Waals surface area (Å²) in [5, 5.41) is 5.91. The van der Waals surface area contributed by atoms with Crippen molar-refractivity contribution >= 4 is 33.3 Å². The number of hydrogen-bond donors (Lipinski definition) is 2. The van der Waals surface area contributed by atoms with Gasteiger partial charge in [-0.15, -0.1) is 0 Å². The Morgan fingerprint density at radius 1 is 1.33 bits per heavy atom. The number of halogens is 1. The Morgan fingerprint density at radius 3 is 2.86 bits per heavy atom. The fraction of sp³-hybridized carbons (Fsp3) is 0.200. The van der Waals surface area contributed by atoms with Gasteiger partial charge in [0.2, 0.25) is 0 Å². The van der Waals surface area contributed by atoms with Crippen molar-refractivity contribution < 1.29 is 9.53 Å². The summed E-state index contributed by atoms with van der Waals surface area (Å²) in [5.74, 6) is 1.15. The highest BCUT2D eigenvalue weighted by Gasteiger charge is 2.09. The van der Waals surface area contributed by atoms with E-state index >= 15 is 0 Å². The van der Waals surface area contributed by atoms with E-state index in [1.54, 1.807) is 37.6 Å². The summed E-state index contributed by atoms with van der Waals surface area (Å²) in [5.41, 5.74) is 1.21. The van der Waals surface area contributed by atoms with Crippen LogP contribution in [0.4, 0.5) is 11.5 Å². The van der Waals surface area contributed by atoms with E-state index in [0.29, 0.717) is 22.8 Å². The molecule has 0 fully saturated rings. The molecule has 1 amide bonds. The topological polar surface area (TPSA) is 63.2 Å². The highest BCUT2D eigenvalue weighted by atomic mass is 79.9. The van der Waals surface area contributed by atoms with Crippen LogP contribution in [0.2, 0.25) is 0 Å². The molecule has 0 aliphatic rings. The predicted molar refractivity (Wildman–Crippen MR) is 87.0 cm³/mol. The Balaban J connectivity index is 2.16. The van der Waals surface area contributed by atoms with Gasteiger partial charge in [-0.3, -0.25) is 4.79 Å². The van der Waals surface area contributed by atoms with Crippen LogP contribution in [0, 0.1) is 0 Å². The summed E-state index contributed by atoms with van der Waals surface area (Å²) in [6, 6.07) is 8.78. The third-order valence-corrected chi connectivity index (χ3v) is 3.44. The SMILES string of the molecule is CCNc1cc(C(=O)Nc2ccc(Br)c(OC)c2)ccn1. The monoisotopic (exact) mass is 349 g/mol. The van der Waals surface area contributed by atoms with Crippen molar-refractivity contribution in [2.24, 2.45) is 0 Å². The molecule has 0 unspecified atom stereocenters. The third-order valence-electron chi connectivity index (χ3n) is 2.79. The molecule has 6 heteroatoms. The molecule has 0 aliphatic carbocycles. The molecule has 0 atom stereocenters. The highest BCUT2D eigenvalue weighted by Crippen LogP contribution is 2.28. The van der Waals surface area contributed by atoms with Crippen molar-refractivity contribution in [3.8, 4) is 5.75 Å². The molecule has 1 aromatic heterocycles. The first-order valence-corrected chi connectivity index (χ1v) is 7.28. The lowest BCUT2D eigenvalue weighted by Crippen LogP contribution is -2.12. The number of carbonyl (C=O) groups is 1. The molecule has 2 N–H and O–H groups in total. The molecular formula is C15H16BrN3O2. The molecule has 2 aromatic rings. The summed E-state index contributed by atoms with van der Waals surface area (Å²) in [6.45, 7) is 2.73. The van der Waals surface area contributed by atoms with Crippen molar-refractivity contribution in [3.05, 3.63) is 46.6 Å². The Kier molecular flexibility index (Phi) is 5.16. The minimum absolute atomic E-state index is 0.194. The van der Waals surface area contributed by atoms with Gasteiger partial charge in [-0.05, 0) is 47.1 Å². The average molecular weight is 350 g/mol. The number of aromatic nitrogens is 1. The number of ether oxygens (including phenoxy) is 1. The molecule has 5 nitrogen and oxygen atoms in total. The van der Waals surface area contributed by atoms with Crippen LogP contribution in [0.1, 0.15) is 17.3 Å². The number of carbonyl (C=O) groups excluding carboxylic acids is 1. The fourth-order valence-corrected chi connectivity index (χ4v) is 2.20. The Hall–Kier alpha value is -2.08. The fourth-order valence-electron chi connectivity index (χ4n) is 1.79. The number of nitrogens with one attached hydrogen (secondary N) is 2. The van der Waals surface area contributed by atoms with Crippen molar-refractivity contribution in [2.75, 3.05) is 24.3 Å². The number of amides is 1. The number of nitrogens with zero attached hydrogens (tertiary/aromatic N) is 1. The minimum atomic E-state index is -0.194. The largest absolute Gasteiger partial charge is 0.495 e. The molecule has 0 saturated heterocycles. The summed E-state index contributed by atoms with van der Waals surface area (Å²) < 4.78 is 6.04. The number of anilines is 2. The van der Waals surface area contributed by atoms with E-state index in [1.165, 1.54) is 0 Å². The normalized spacial score (nSPS) is 10.0. The molecule has 0 bridgehead atoms. The summed E-state index contributed by atoms with van der Waals surface area (Å²) >= 11 is 3.37. The lowest BCUT2D eigenvalue weighted by Gasteiger charge is -2.09. The Bertz CT molecular complexity index is 647. The summed E-state index contributed by atoms with van der Waals surface area (Å²) in [4.78, 5) is 16.4. The van der Waals surface area contributed by atoms with Crippen molar-refractivity contribution in [2.45, 2.75) is 6.92 Å². The Morgan fingerprint density at radius 2 is 2.14 bits per heavy atom. The molecule has 0 spiro atoms. The second-order valence-electron chi connectivity index (χ2n) is 4.26. The number of methoxy groups -OCH3 is 1. The van der Waals surface area contributed by atoms with E-state index in [0.717, 1.165) is 11.0 Å². The molecule has 2 rings (SSSR count). The van der Waals surface area contributed by atoms with E-state index in [2.05, 4.69) is 31.5 Å². The van der Waals surface area contributed by atoms with E-state index in [4.69, 9.17) is 4.74 Å². The average Bonchev–Trinajstić information content (AvgIpc) is 2.50. The van der Waals surface area contributed by atoms with E-state index in [-0.39, 0.29) is 5.91 Å². The zero-order chi connectivity index (χ0) is 15.2. The lowest BCUT2D eigenvalue weighted by atomic mass is 10.2. The number of rotatable bonds is 5. The number of hydrogen-bond acceptors (Lipinski definition) is 4. The molecule has 21 heavy (non-hydrogen) atoms. The van der Waals surface area contributed by atoms with Gasteiger partial charge in [-0.1, -0.05) is 0 Å². The van der Waals surface area contributed by atoms with Gasteiger partial charge >= 0.3 is 0 Å². The summed E-state index contributed by atoms with van der Waals surface area (Å²) in [6.07, 6.45) is 1.61. The van der Waals surface area contributed by atoms with Gasteiger partial charge in [0.25, 0.3) is 5.91 Å². The maximum Gasteiger partial charge on any atom is 0.255 e. The first-order chi connectivity index (χ1) is 10.1. The molecule has 0 radical (unpaired) electrons. The predicted octanol–water partition coefficient (Wildman–Crippen LogP) is 3.54. The second kappa shape index (κ2) is 7.08. The highest BCUT2D eigenvalue weighted by molar-refractivity contribution is 9.10. The van der Waals surface area contributed by atoms with Crippen molar-refractivity contribution in [3.63, 3.8) is 0 Å². The minimum Gasteiger partial charge on any atom is -0.495 e. The van der Waals surface area contributed by atoms with Crippen LogP contribution >= 0.6 is 15.9 Å². The maximum atomic E-state index is 12.2. The van der Waals surface area contributed by atoms with E-state index in [1.807, 2.05) is 13.0 Å². The van der Waals surface area contributed by atoms with Gasteiger partial charge in [-0.2, -0.15) is 0 Å². The first-order valence-electron chi connectivity index (χ1n) is 6.49. The van der Waals surface area contributed by atoms with Crippen LogP contribution in [0.25, 0.3) is 0 Å². The maximum absolute atomic E-state index is 12.2. The zero-order valence-electron chi connectivity index (χ0n) is 11.8. The molecule has 0 saturated carbocycles.